The normalized spacial score (nSPS) is 20.6. The molecule has 1 aromatic heterocycles. The minimum absolute atomic E-state index is 0.345. The molecule has 1 aromatic rings. The van der Waals surface area contributed by atoms with Crippen LogP contribution < -0.4 is 9.80 Å². The van der Waals surface area contributed by atoms with E-state index in [1.807, 2.05) is 6.92 Å². The summed E-state index contributed by atoms with van der Waals surface area (Å²) in [5.74, 6) is 1.50. The first-order valence-electron chi connectivity index (χ1n) is 8.29. The third-order valence-corrected chi connectivity index (χ3v) is 4.54. The van der Waals surface area contributed by atoms with E-state index in [1.54, 1.807) is 0 Å². The van der Waals surface area contributed by atoms with Crippen molar-refractivity contribution >= 4 is 11.8 Å². The van der Waals surface area contributed by atoms with Crippen molar-refractivity contribution in [2.75, 3.05) is 49.2 Å². The van der Waals surface area contributed by atoms with E-state index in [0.717, 1.165) is 56.5 Å². The summed E-state index contributed by atoms with van der Waals surface area (Å²) in [5.41, 5.74) is 1.01. The predicted octanol–water partition coefficient (Wildman–Crippen LogP) is 1.97. The highest BCUT2D eigenvalue weighted by Gasteiger charge is 2.40. The number of anilines is 2. The first kappa shape index (κ1) is 15.5. The zero-order valence-corrected chi connectivity index (χ0v) is 13.8. The van der Waals surface area contributed by atoms with E-state index >= 15 is 0 Å². The molecule has 1 spiro atoms. The summed E-state index contributed by atoms with van der Waals surface area (Å²) in [6, 6.07) is 2.06. The number of hydrogen-bond donors (Lipinski definition) is 0. The molecule has 0 amide bonds. The lowest BCUT2D eigenvalue weighted by Gasteiger charge is -2.37. The van der Waals surface area contributed by atoms with Gasteiger partial charge >= 0.3 is 0 Å². The van der Waals surface area contributed by atoms with Gasteiger partial charge in [0.2, 0.25) is 5.95 Å². The molecule has 0 atom stereocenters. The summed E-state index contributed by atoms with van der Waals surface area (Å²) in [6.07, 6.45) is 1.76. The third-order valence-electron chi connectivity index (χ3n) is 4.54. The number of hydrogen-bond acceptors (Lipinski definition) is 6. The average molecular weight is 306 g/mol. The highest BCUT2D eigenvalue weighted by molar-refractivity contribution is 5.46. The minimum atomic E-state index is -0.345. The first-order chi connectivity index (χ1) is 10.7. The van der Waals surface area contributed by atoms with Gasteiger partial charge in [0.1, 0.15) is 5.82 Å². The summed E-state index contributed by atoms with van der Waals surface area (Å²) < 4.78 is 11.6. The monoisotopic (exact) mass is 306 g/mol. The smallest absolute Gasteiger partial charge is 0.227 e. The van der Waals surface area contributed by atoms with Crippen LogP contribution in [0.25, 0.3) is 0 Å². The van der Waals surface area contributed by atoms with Gasteiger partial charge in [-0.25, -0.2) is 4.98 Å². The summed E-state index contributed by atoms with van der Waals surface area (Å²) in [4.78, 5) is 13.9. The number of piperidine rings is 1. The van der Waals surface area contributed by atoms with Gasteiger partial charge in [0.15, 0.2) is 5.79 Å². The van der Waals surface area contributed by atoms with Gasteiger partial charge in [-0.15, -0.1) is 0 Å². The molecule has 2 fully saturated rings. The van der Waals surface area contributed by atoms with Gasteiger partial charge in [0.05, 0.1) is 13.2 Å². The molecule has 0 saturated carbocycles. The third kappa shape index (κ3) is 3.03. The van der Waals surface area contributed by atoms with Crippen LogP contribution in [0.2, 0.25) is 0 Å². The number of ether oxygens (including phenoxy) is 2. The van der Waals surface area contributed by atoms with Gasteiger partial charge < -0.3 is 19.3 Å². The van der Waals surface area contributed by atoms with Crippen molar-refractivity contribution in [2.45, 2.75) is 39.4 Å². The molecule has 6 heteroatoms. The zero-order valence-electron chi connectivity index (χ0n) is 13.8. The molecule has 0 aliphatic carbocycles. The Balaban J connectivity index is 1.75. The number of nitrogens with zero attached hydrogens (tertiary/aromatic N) is 4. The fourth-order valence-electron chi connectivity index (χ4n) is 3.22. The van der Waals surface area contributed by atoms with Crippen molar-refractivity contribution in [2.24, 2.45) is 0 Å². The number of aryl methyl sites for hydroxylation is 1. The molecule has 3 heterocycles. The lowest BCUT2D eigenvalue weighted by atomic mass is 10.0. The van der Waals surface area contributed by atoms with E-state index in [4.69, 9.17) is 14.5 Å². The summed E-state index contributed by atoms with van der Waals surface area (Å²) in [5, 5.41) is 0. The van der Waals surface area contributed by atoms with Crippen molar-refractivity contribution < 1.29 is 9.47 Å². The fraction of sp³-hybridized carbons (Fsp3) is 0.750. The quantitative estimate of drug-likeness (QED) is 0.848. The van der Waals surface area contributed by atoms with Crippen LogP contribution >= 0.6 is 0 Å². The fourth-order valence-corrected chi connectivity index (χ4v) is 3.22. The van der Waals surface area contributed by atoms with Crippen LogP contribution in [0.4, 0.5) is 11.8 Å². The van der Waals surface area contributed by atoms with Crippen molar-refractivity contribution in [3.63, 3.8) is 0 Å². The molecule has 2 saturated heterocycles. The molecule has 0 radical (unpaired) electrons. The van der Waals surface area contributed by atoms with Crippen LogP contribution in [0.1, 0.15) is 32.4 Å². The molecular formula is C16H26N4O2. The molecular weight excluding hydrogens is 280 g/mol. The Labute approximate surface area is 132 Å². The van der Waals surface area contributed by atoms with Crippen LogP contribution in [0.15, 0.2) is 6.07 Å². The second kappa shape index (κ2) is 6.38. The standard InChI is InChI=1S/C16H26N4O2/c1-4-19(5-2)14-12-13(3)17-15(18-14)20-8-6-16(7-9-20)21-10-11-22-16/h12H,4-11H2,1-3H3. The number of aromatic nitrogens is 2. The summed E-state index contributed by atoms with van der Waals surface area (Å²) in [7, 11) is 0. The Bertz CT molecular complexity index is 503. The van der Waals surface area contributed by atoms with Gasteiger partial charge in [-0.1, -0.05) is 0 Å². The molecule has 0 N–H and O–H groups in total. The van der Waals surface area contributed by atoms with Crippen molar-refractivity contribution in [1.29, 1.82) is 0 Å². The van der Waals surface area contributed by atoms with Gasteiger partial charge in [-0.05, 0) is 20.8 Å². The molecule has 2 aliphatic rings. The summed E-state index contributed by atoms with van der Waals surface area (Å²) in [6.45, 7) is 11.4. The van der Waals surface area contributed by atoms with Gasteiger partial charge in [0.25, 0.3) is 0 Å². The van der Waals surface area contributed by atoms with E-state index in [-0.39, 0.29) is 5.79 Å². The van der Waals surface area contributed by atoms with Crippen molar-refractivity contribution in [3.8, 4) is 0 Å². The molecule has 0 unspecified atom stereocenters. The number of rotatable bonds is 4. The van der Waals surface area contributed by atoms with Crippen LogP contribution in [-0.4, -0.2) is 55.1 Å². The van der Waals surface area contributed by atoms with Gasteiger partial charge in [-0.3, -0.25) is 0 Å². The Morgan fingerprint density at radius 3 is 2.36 bits per heavy atom. The highest BCUT2D eigenvalue weighted by atomic mass is 16.7. The van der Waals surface area contributed by atoms with Gasteiger partial charge in [-0.2, -0.15) is 4.98 Å². The van der Waals surface area contributed by atoms with Crippen LogP contribution in [0.3, 0.4) is 0 Å². The van der Waals surface area contributed by atoms with E-state index in [2.05, 4.69) is 34.7 Å². The average Bonchev–Trinajstić information content (AvgIpc) is 2.97. The Morgan fingerprint density at radius 1 is 1.14 bits per heavy atom. The maximum Gasteiger partial charge on any atom is 0.227 e. The maximum atomic E-state index is 5.79. The molecule has 2 aliphatic heterocycles. The van der Waals surface area contributed by atoms with Crippen LogP contribution in [0, 0.1) is 6.92 Å². The second-order valence-corrected chi connectivity index (χ2v) is 5.93. The Morgan fingerprint density at radius 2 is 1.77 bits per heavy atom. The summed E-state index contributed by atoms with van der Waals surface area (Å²) >= 11 is 0. The predicted molar refractivity (Wildman–Crippen MR) is 86.4 cm³/mol. The molecule has 122 valence electrons. The van der Waals surface area contributed by atoms with Crippen LogP contribution in [0.5, 0.6) is 0 Å². The lowest BCUT2D eigenvalue weighted by molar-refractivity contribution is -0.169. The Hall–Kier alpha value is -1.40. The highest BCUT2D eigenvalue weighted by Crippen LogP contribution is 2.32. The van der Waals surface area contributed by atoms with Crippen molar-refractivity contribution in [3.05, 3.63) is 11.8 Å². The molecule has 3 rings (SSSR count). The van der Waals surface area contributed by atoms with E-state index in [1.165, 1.54) is 0 Å². The Kier molecular flexibility index (Phi) is 4.49. The van der Waals surface area contributed by atoms with E-state index in [9.17, 15) is 0 Å². The minimum Gasteiger partial charge on any atom is -0.357 e. The van der Waals surface area contributed by atoms with E-state index in [0.29, 0.717) is 13.2 Å². The SMILES string of the molecule is CCN(CC)c1cc(C)nc(N2CCC3(CC2)OCCO3)n1. The molecule has 6 nitrogen and oxygen atoms in total. The van der Waals surface area contributed by atoms with Gasteiger partial charge in [0, 0.05) is 50.8 Å². The first-order valence-corrected chi connectivity index (χ1v) is 8.29. The largest absolute Gasteiger partial charge is 0.357 e. The van der Waals surface area contributed by atoms with E-state index < -0.39 is 0 Å². The molecule has 22 heavy (non-hydrogen) atoms. The molecule has 0 bridgehead atoms. The van der Waals surface area contributed by atoms with Crippen molar-refractivity contribution in [1.82, 2.24) is 9.97 Å². The molecule has 0 aromatic carbocycles. The zero-order chi connectivity index (χ0) is 15.6. The second-order valence-electron chi connectivity index (χ2n) is 5.93. The maximum absolute atomic E-state index is 5.79. The van der Waals surface area contributed by atoms with Crippen LogP contribution in [-0.2, 0) is 9.47 Å². The lowest BCUT2D eigenvalue weighted by Crippen LogP contribution is -2.45. The topological polar surface area (TPSA) is 50.7 Å².